The molecule has 0 aliphatic heterocycles. The van der Waals surface area contributed by atoms with E-state index in [9.17, 15) is 18.0 Å². The molecule has 1 fully saturated rings. The predicted molar refractivity (Wildman–Crippen MR) is 84.9 cm³/mol. The second kappa shape index (κ2) is 6.83. The van der Waals surface area contributed by atoms with Crippen LogP contribution in [0.4, 0.5) is 18.9 Å². The first-order valence-electron chi connectivity index (χ1n) is 7.98. The van der Waals surface area contributed by atoms with Gasteiger partial charge in [0, 0.05) is 18.8 Å². The number of aromatic nitrogens is 3. The highest BCUT2D eigenvalue weighted by Crippen LogP contribution is 2.35. The summed E-state index contributed by atoms with van der Waals surface area (Å²) in [5, 5.41) is 7.64. The third kappa shape index (κ3) is 4.16. The second-order valence-electron chi connectivity index (χ2n) is 6.06. The van der Waals surface area contributed by atoms with E-state index in [1.54, 1.807) is 0 Å². The largest absolute Gasteiger partial charge is 0.416 e. The lowest BCUT2D eigenvalue weighted by atomic mass is 10.1. The number of hydrogen-bond donors (Lipinski definition) is 1. The number of benzene rings is 1. The Hall–Kier alpha value is -2.42. The van der Waals surface area contributed by atoms with Crippen LogP contribution < -0.4 is 10.6 Å². The first kappa shape index (κ1) is 17.4. The van der Waals surface area contributed by atoms with Gasteiger partial charge >= 0.3 is 6.18 Å². The minimum absolute atomic E-state index is 0.0894. The normalized spacial score (nSPS) is 14.6. The van der Waals surface area contributed by atoms with Crippen molar-refractivity contribution in [2.45, 2.75) is 25.6 Å². The van der Waals surface area contributed by atoms with Crippen molar-refractivity contribution in [1.82, 2.24) is 15.0 Å². The molecule has 0 bridgehead atoms. The maximum absolute atomic E-state index is 13.0. The van der Waals surface area contributed by atoms with Gasteiger partial charge in [0.2, 0.25) is 0 Å². The molecule has 2 N–H and O–H groups in total. The van der Waals surface area contributed by atoms with Gasteiger partial charge in [0.1, 0.15) is 0 Å². The summed E-state index contributed by atoms with van der Waals surface area (Å²) in [5.41, 5.74) is 4.95. The van der Waals surface area contributed by atoms with Gasteiger partial charge in [0.05, 0.1) is 18.3 Å². The number of hydrogen-bond acceptors (Lipinski definition) is 4. The summed E-state index contributed by atoms with van der Waals surface area (Å²) in [5.74, 6) is -0.160. The lowest BCUT2D eigenvalue weighted by Crippen LogP contribution is -2.33. The number of nitrogens with zero attached hydrogens (tertiary/aromatic N) is 4. The van der Waals surface area contributed by atoms with E-state index in [1.165, 1.54) is 27.9 Å². The topological polar surface area (TPSA) is 77.0 Å². The Morgan fingerprint density at radius 1 is 1.36 bits per heavy atom. The Labute approximate surface area is 142 Å². The molecule has 0 atom stereocenters. The van der Waals surface area contributed by atoms with Crippen molar-refractivity contribution in [3.05, 3.63) is 41.7 Å². The van der Waals surface area contributed by atoms with Gasteiger partial charge in [-0.3, -0.25) is 9.48 Å². The monoisotopic (exact) mass is 353 g/mol. The van der Waals surface area contributed by atoms with Gasteiger partial charge in [-0.2, -0.15) is 13.2 Å². The zero-order chi connectivity index (χ0) is 18.0. The summed E-state index contributed by atoms with van der Waals surface area (Å²) in [4.78, 5) is 14.1. The molecule has 1 amide bonds. The van der Waals surface area contributed by atoms with E-state index in [-0.39, 0.29) is 11.4 Å². The highest BCUT2D eigenvalue weighted by Gasteiger charge is 2.33. The summed E-state index contributed by atoms with van der Waals surface area (Å²) in [7, 11) is 0. The minimum atomic E-state index is -4.46. The molecular formula is C16H18F3N5O. The van der Waals surface area contributed by atoms with Crippen LogP contribution in [0.1, 0.15) is 28.9 Å². The van der Waals surface area contributed by atoms with Crippen LogP contribution in [0.3, 0.4) is 0 Å². The van der Waals surface area contributed by atoms with Gasteiger partial charge in [-0.05, 0) is 37.0 Å². The van der Waals surface area contributed by atoms with Crippen LogP contribution >= 0.6 is 0 Å². The highest BCUT2D eigenvalue weighted by molar-refractivity contribution is 6.04. The van der Waals surface area contributed by atoms with Crippen LogP contribution in [0.15, 0.2) is 30.5 Å². The fourth-order valence-corrected chi connectivity index (χ4v) is 2.49. The molecule has 1 saturated carbocycles. The van der Waals surface area contributed by atoms with Crippen molar-refractivity contribution in [3.63, 3.8) is 0 Å². The van der Waals surface area contributed by atoms with Gasteiger partial charge in [-0.25, -0.2) is 0 Å². The number of anilines is 1. The molecule has 0 unspecified atom stereocenters. The van der Waals surface area contributed by atoms with Gasteiger partial charge in [-0.15, -0.1) is 5.10 Å². The molecule has 25 heavy (non-hydrogen) atoms. The molecule has 1 aromatic heterocycles. The van der Waals surface area contributed by atoms with Crippen LogP contribution in [0.5, 0.6) is 0 Å². The number of amides is 1. The standard InChI is InChI=1S/C16H18F3N5O/c17-16(18,19)12-2-1-3-13(8-12)24(9-11-4-5-11)15(25)14-10-23(7-6-20)22-21-14/h1-3,8,10-11H,4-7,9,20H2. The SMILES string of the molecule is NCCn1cc(C(=O)N(CC2CC2)c2cccc(C(F)(F)F)c2)nn1. The Bertz CT molecular complexity index is 754. The number of halogens is 3. The van der Waals surface area contributed by atoms with E-state index >= 15 is 0 Å². The van der Waals surface area contributed by atoms with Gasteiger partial charge in [-0.1, -0.05) is 11.3 Å². The van der Waals surface area contributed by atoms with Gasteiger partial charge < -0.3 is 10.6 Å². The predicted octanol–water partition coefficient (Wildman–Crippen LogP) is 2.31. The third-order valence-electron chi connectivity index (χ3n) is 3.98. The van der Waals surface area contributed by atoms with Crippen molar-refractivity contribution >= 4 is 11.6 Å². The van der Waals surface area contributed by atoms with Crippen molar-refractivity contribution in [2.75, 3.05) is 18.0 Å². The molecule has 0 saturated heterocycles. The zero-order valence-electron chi connectivity index (χ0n) is 13.4. The van der Waals surface area contributed by atoms with E-state index in [4.69, 9.17) is 5.73 Å². The number of nitrogens with two attached hydrogens (primary N) is 1. The molecule has 9 heteroatoms. The molecule has 1 aliphatic rings. The third-order valence-corrected chi connectivity index (χ3v) is 3.98. The van der Waals surface area contributed by atoms with E-state index in [0.29, 0.717) is 25.6 Å². The average Bonchev–Trinajstić information content (AvgIpc) is 3.28. The van der Waals surface area contributed by atoms with Crippen LogP contribution in [0.25, 0.3) is 0 Å². The molecule has 1 aliphatic carbocycles. The average molecular weight is 353 g/mol. The molecule has 134 valence electrons. The summed E-state index contributed by atoms with van der Waals surface area (Å²) >= 11 is 0. The van der Waals surface area contributed by atoms with Crippen LogP contribution in [-0.2, 0) is 12.7 Å². The highest BCUT2D eigenvalue weighted by atomic mass is 19.4. The Morgan fingerprint density at radius 2 is 2.12 bits per heavy atom. The molecule has 2 aromatic rings. The van der Waals surface area contributed by atoms with E-state index in [2.05, 4.69) is 10.3 Å². The van der Waals surface area contributed by atoms with Crippen LogP contribution in [0.2, 0.25) is 0 Å². The fraction of sp³-hybridized carbons (Fsp3) is 0.438. The molecule has 0 spiro atoms. The van der Waals surface area contributed by atoms with E-state index in [1.807, 2.05) is 0 Å². The smallest absolute Gasteiger partial charge is 0.329 e. The molecule has 1 heterocycles. The van der Waals surface area contributed by atoms with Crippen molar-refractivity contribution < 1.29 is 18.0 Å². The second-order valence-corrected chi connectivity index (χ2v) is 6.06. The molecule has 1 aromatic carbocycles. The zero-order valence-corrected chi connectivity index (χ0v) is 13.4. The first-order valence-corrected chi connectivity index (χ1v) is 7.98. The lowest BCUT2D eigenvalue weighted by molar-refractivity contribution is -0.137. The maximum atomic E-state index is 13.0. The summed E-state index contributed by atoms with van der Waals surface area (Å²) in [6, 6.07) is 4.78. The number of carbonyl (C=O) groups is 1. The Balaban J connectivity index is 1.89. The van der Waals surface area contributed by atoms with Gasteiger partial charge in [0.25, 0.3) is 5.91 Å². The lowest BCUT2D eigenvalue weighted by Gasteiger charge is -2.22. The summed E-state index contributed by atoms with van der Waals surface area (Å²) in [6.45, 7) is 1.12. The van der Waals surface area contributed by atoms with Crippen molar-refractivity contribution in [1.29, 1.82) is 0 Å². The van der Waals surface area contributed by atoms with Crippen molar-refractivity contribution in [3.8, 4) is 0 Å². The molecule has 3 rings (SSSR count). The maximum Gasteiger partial charge on any atom is 0.416 e. The van der Waals surface area contributed by atoms with E-state index in [0.717, 1.165) is 25.0 Å². The molecular weight excluding hydrogens is 335 g/mol. The first-order chi connectivity index (χ1) is 11.9. The summed E-state index contributed by atoms with van der Waals surface area (Å²) < 4.78 is 40.4. The summed E-state index contributed by atoms with van der Waals surface area (Å²) in [6.07, 6.45) is -1.08. The number of alkyl halides is 3. The van der Waals surface area contributed by atoms with Crippen LogP contribution in [-0.4, -0.2) is 34.0 Å². The fourth-order valence-electron chi connectivity index (χ4n) is 2.49. The van der Waals surface area contributed by atoms with Crippen LogP contribution in [0, 0.1) is 5.92 Å². The van der Waals surface area contributed by atoms with Gasteiger partial charge in [0.15, 0.2) is 5.69 Å². The minimum Gasteiger partial charge on any atom is -0.329 e. The van der Waals surface area contributed by atoms with E-state index < -0.39 is 17.6 Å². The van der Waals surface area contributed by atoms with Crippen molar-refractivity contribution in [2.24, 2.45) is 11.7 Å². The number of rotatable bonds is 6. The molecule has 0 radical (unpaired) electrons. The Kier molecular flexibility index (Phi) is 4.76. The quantitative estimate of drug-likeness (QED) is 0.865. The number of carbonyl (C=O) groups excluding carboxylic acids is 1. The molecule has 6 nitrogen and oxygen atoms in total. The Morgan fingerprint density at radius 3 is 2.76 bits per heavy atom.